The lowest BCUT2D eigenvalue weighted by Crippen LogP contribution is -2.19. The van der Waals surface area contributed by atoms with E-state index < -0.39 is 17.8 Å². The fraction of sp³-hybridized carbons (Fsp3) is 0.188. The maximum Gasteiger partial charge on any atom is 0.435 e. The monoisotopic (exact) mass is 434 g/mol. The summed E-state index contributed by atoms with van der Waals surface area (Å²) in [7, 11) is 0. The van der Waals surface area contributed by atoms with Gasteiger partial charge in [0.25, 0.3) is 0 Å². The molecule has 0 aliphatic heterocycles. The van der Waals surface area contributed by atoms with Gasteiger partial charge in [-0.2, -0.15) is 18.3 Å². The number of thiazole rings is 1. The fourth-order valence-corrected chi connectivity index (χ4v) is 3.45. The van der Waals surface area contributed by atoms with Gasteiger partial charge in [0.1, 0.15) is 6.54 Å². The summed E-state index contributed by atoms with van der Waals surface area (Å²) in [5.41, 5.74) is -0.229. The van der Waals surface area contributed by atoms with Gasteiger partial charge in [-0.25, -0.2) is 4.98 Å². The van der Waals surface area contributed by atoms with E-state index in [1.165, 1.54) is 11.3 Å². The first kappa shape index (κ1) is 19.7. The highest BCUT2D eigenvalue weighted by Crippen LogP contribution is 2.28. The number of rotatable bonds is 5. The number of carbonyl (C=O) groups is 1. The number of nitrogens with one attached hydrogen (secondary N) is 1. The molecule has 0 fully saturated rings. The second kappa shape index (κ2) is 7.87. The Kier molecular flexibility index (Phi) is 5.73. The van der Waals surface area contributed by atoms with Crippen molar-refractivity contribution >= 4 is 45.6 Å². The molecule has 0 radical (unpaired) electrons. The molecule has 142 valence electrons. The molecule has 0 saturated heterocycles. The van der Waals surface area contributed by atoms with Crippen molar-refractivity contribution in [2.45, 2.75) is 19.1 Å². The third kappa shape index (κ3) is 5.21. The smallest absolute Gasteiger partial charge is 0.300 e. The molecule has 1 amide bonds. The van der Waals surface area contributed by atoms with Gasteiger partial charge < -0.3 is 5.32 Å². The maximum atomic E-state index is 12.5. The molecule has 11 heteroatoms. The first-order valence-electron chi connectivity index (χ1n) is 7.50. The van der Waals surface area contributed by atoms with Gasteiger partial charge in [0, 0.05) is 33.7 Å². The first-order valence-corrected chi connectivity index (χ1v) is 9.07. The van der Waals surface area contributed by atoms with E-state index in [4.69, 9.17) is 23.2 Å². The van der Waals surface area contributed by atoms with Crippen molar-refractivity contribution in [3.8, 4) is 0 Å². The Bertz CT molecular complexity index is 971. The summed E-state index contributed by atoms with van der Waals surface area (Å²) in [4.78, 5) is 16.9. The number of anilines is 1. The predicted molar refractivity (Wildman–Crippen MR) is 97.2 cm³/mol. The van der Waals surface area contributed by atoms with Gasteiger partial charge in [-0.3, -0.25) is 9.48 Å². The summed E-state index contributed by atoms with van der Waals surface area (Å²) < 4.78 is 38.5. The summed E-state index contributed by atoms with van der Waals surface area (Å²) in [5, 5.41) is 7.32. The minimum Gasteiger partial charge on any atom is -0.300 e. The van der Waals surface area contributed by atoms with Crippen molar-refractivity contribution in [1.29, 1.82) is 0 Å². The molecule has 0 saturated carbocycles. The molecule has 27 heavy (non-hydrogen) atoms. The predicted octanol–water partition coefficient (Wildman–Crippen LogP) is 4.89. The zero-order valence-corrected chi connectivity index (χ0v) is 15.8. The Morgan fingerprint density at radius 2 is 2.04 bits per heavy atom. The lowest BCUT2D eigenvalue weighted by Gasteiger charge is -2.04. The molecular formula is C16H11Cl2F3N4OS. The highest BCUT2D eigenvalue weighted by Gasteiger charge is 2.33. The molecule has 1 N–H and O–H groups in total. The first-order chi connectivity index (χ1) is 12.7. The largest absolute Gasteiger partial charge is 0.435 e. The summed E-state index contributed by atoms with van der Waals surface area (Å²) in [5.74, 6) is -0.534. The van der Waals surface area contributed by atoms with Gasteiger partial charge in [-0.05, 0) is 29.8 Å². The number of alkyl halides is 3. The molecule has 0 atom stereocenters. The van der Waals surface area contributed by atoms with E-state index in [0.717, 1.165) is 27.4 Å². The van der Waals surface area contributed by atoms with Crippen LogP contribution in [-0.2, 0) is 23.9 Å². The van der Waals surface area contributed by atoms with E-state index in [1.54, 1.807) is 24.4 Å². The highest BCUT2D eigenvalue weighted by molar-refractivity contribution is 7.15. The molecule has 1 aromatic carbocycles. The summed E-state index contributed by atoms with van der Waals surface area (Å²) in [6, 6.07) is 5.94. The lowest BCUT2D eigenvalue weighted by atomic mass is 10.1. The molecule has 0 spiro atoms. The molecule has 3 aromatic rings. The second-order valence-corrected chi connectivity index (χ2v) is 7.45. The minimum absolute atomic E-state index is 0.330. The van der Waals surface area contributed by atoms with Crippen molar-refractivity contribution in [1.82, 2.24) is 14.8 Å². The van der Waals surface area contributed by atoms with Crippen LogP contribution in [-0.4, -0.2) is 20.7 Å². The van der Waals surface area contributed by atoms with Gasteiger partial charge in [-0.1, -0.05) is 23.2 Å². The van der Waals surface area contributed by atoms with Crippen LogP contribution in [0.3, 0.4) is 0 Å². The van der Waals surface area contributed by atoms with E-state index in [9.17, 15) is 18.0 Å². The van der Waals surface area contributed by atoms with Gasteiger partial charge >= 0.3 is 6.18 Å². The third-order valence-corrected chi connectivity index (χ3v) is 4.93. The van der Waals surface area contributed by atoms with Gasteiger partial charge in [0.2, 0.25) is 5.91 Å². The van der Waals surface area contributed by atoms with Crippen LogP contribution in [0.2, 0.25) is 10.0 Å². The van der Waals surface area contributed by atoms with E-state index in [0.29, 0.717) is 21.6 Å². The Labute approximate surface area is 165 Å². The molecule has 0 aliphatic carbocycles. The number of nitrogens with zero attached hydrogens (tertiary/aromatic N) is 3. The normalized spacial score (nSPS) is 11.6. The minimum atomic E-state index is -4.55. The van der Waals surface area contributed by atoms with Crippen molar-refractivity contribution in [2.24, 2.45) is 0 Å². The zero-order valence-electron chi connectivity index (χ0n) is 13.4. The van der Waals surface area contributed by atoms with Gasteiger partial charge in [-0.15, -0.1) is 11.3 Å². The number of aromatic nitrogens is 3. The number of hydrogen-bond donors (Lipinski definition) is 1. The third-order valence-electron chi connectivity index (χ3n) is 3.41. The van der Waals surface area contributed by atoms with Gasteiger partial charge in [0.15, 0.2) is 10.8 Å². The SMILES string of the molecule is O=C(Cn1ccc(C(F)(F)F)n1)Nc1ncc(Cc2cc(Cl)ccc2Cl)s1. The van der Waals surface area contributed by atoms with E-state index in [2.05, 4.69) is 15.4 Å². The van der Waals surface area contributed by atoms with Crippen LogP contribution >= 0.6 is 34.5 Å². The van der Waals surface area contributed by atoms with Crippen LogP contribution in [0.4, 0.5) is 18.3 Å². The average molecular weight is 435 g/mol. The van der Waals surface area contributed by atoms with Crippen molar-refractivity contribution in [2.75, 3.05) is 5.32 Å². The quantitative estimate of drug-likeness (QED) is 0.621. The Morgan fingerprint density at radius 3 is 2.74 bits per heavy atom. The number of hydrogen-bond acceptors (Lipinski definition) is 4. The highest BCUT2D eigenvalue weighted by atomic mass is 35.5. The zero-order chi connectivity index (χ0) is 19.6. The Balaban J connectivity index is 1.61. The molecule has 5 nitrogen and oxygen atoms in total. The molecule has 2 aromatic heterocycles. The van der Waals surface area contributed by atoms with Crippen LogP contribution in [0.15, 0.2) is 36.7 Å². The summed E-state index contributed by atoms with van der Waals surface area (Å²) >= 11 is 13.3. The number of benzene rings is 1. The van der Waals surface area contributed by atoms with Crippen LogP contribution in [0.5, 0.6) is 0 Å². The van der Waals surface area contributed by atoms with Gasteiger partial charge in [0.05, 0.1) is 0 Å². The van der Waals surface area contributed by atoms with E-state index in [-0.39, 0.29) is 6.54 Å². The Morgan fingerprint density at radius 1 is 1.26 bits per heavy atom. The van der Waals surface area contributed by atoms with Crippen LogP contribution in [0.25, 0.3) is 0 Å². The topological polar surface area (TPSA) is 59.8 Å². The molecule has 3 rings (SSSR count). The van der Waals surface area contributed by atoms with Crippen LogP contribution in [0, 0.1) is 0 Å². The molecule has 0 unspecified atom stereocenters. The molecule has 0 bridgehead atoms. The van der Waals surface area contributed by atoms with Crippen molar-refractivity contribution < 1.29 is 18.0 Å². The summed E-state index contributed by atoms with van der Waals surface area (Å²) in [6.07, 6.45) is -1.38. The van der Waals surface area contributed by atoms with Crippen molar-refractivity contribution in [3.05, 3.63) is 62.8 Å². The average Bonchev–Trinajstić information content (AvgIpc) is 3.20. The van der Waals surface area contributed by atoms with Crippen molar-refractivity contribution in [3.63, 3.8) is 0 Å². The Hall–Kier alpha value is -2.10. The van der Waals surface area contributed by atoms with E-state index >= 15 is 0 Å². The number of halogens is 5. The fourth-order valence-electron chi connectivity index (χ4n) is 2.22. The number of amides is 1. The number of carbonyl (C=O) groups excluding carboxylic acids is 1. The molecule has 2 heterocycles. The van der Waals surface area contributed by atoms with E-state index in [1.807, 2.05) is 0 Å². The summed E-state index contributed by atoms with van der Waals surface area (Å²) in [6.45, 7) is -0.356. The van der Waals surface area contributed by atoms with Crippen LogP contribution in [0.1, 0.15) is 16.1 Å². The van der Waals surface area contributed by atoms with Crippen LogP contribution < -0.4 is 5.32 Å². The standard InChI is InChI=1S/C16H11Cl2F3N4OS/c17-10-1-2-12(18)9(5-10)6-11-7-22-15(27-11)23-14(26)8-25-4-3-13(24-25)16(19,20)21/h1-5,7H,6,8H2,(H,22,23,26). The molecule has 0 aliphatic rings. The molecular weight excluding hydrogens is 424 g/mol. The maximum absolute atomic E-state index is 12.5. The second-order valence-electron chi connectivity index (χ2n) is 5.49. The lowest BCUT2D eigenvalue weighted by molar-refractivity contribution is -0.141.